The van der Waals surface area contributed by atoms with Crippen LogP contribution in [0.25, 0.3) is 22.0 Å². The monoisotopic (exact) mass is 410 g/mol. The van der Waals surface area contributed by atoms with Crippen LogP contribution < -0.4 is 14.8 Å². The smallest absolute Gasteiger partial charge is 0.407 e. The lowest BCUT2D eigenvalue weighted by Crippen LogP contribution is -2.32. The second-order valence-electron chi connectivity index (χ2n) is 7.76. The zero-order valence-electron chi connectivity index (χ0n) is 17.8. The standard InChI is InChI=1S/C23H26N2O5/c1-23(2,3)30-22(27)24-13-18-16(10-14-8-6-7-9-17(14)25-18)15-11-19(26)21(29-5)20(12-15)28-4/h6-12,26H,13H2,1-5H3,(H,24,27). The van der Waals surface area contributed by atoms with Crippen LogP contribution in [0.5, 0.6) is 17.2 Å². The molecule has 1 aromatic heterocycles. The molecule has 30 heavy (non-hydrogen) atoms. The first-order valence-corrected chi connectivity index (χ1v) is 9.52. The maximum Gasteiger partial charge on any atom is 0.407 e. The molecule has 0 aliphatic heterocycles. The first-order valence-electron chi connectivity index (χ1n) is 9.52. The lowest BCUT2D eigenvalue weighted by Gasteiger charge is -2.20. The molecule has 0 radical (unpaired) electrons. The number of phenols is 1. The van der Waals surface area contributed by atoms with Crippen molar-refractivity contribution < 1.29 is 24.1 Å². The highest BCUT2D eigenvalue weighted by atomic mass is 16.6. The van der Waals surface area contributed by atoms with Crippen LogP contribution in [0.2, 0.25) is 0 Å². The van der Waals surface area contributed by atoms with Crippen molar-refractivity contribution in [2.24, 2.45) is 0 Å². The van der Waals surface area contributed by atoms with E-state index in [-0.39, 0.29) is 18.0 Å². The third kappa shape index (κ3) is 4.74. The molecule has 0 saturated heterocycles. The predicted octanol–water partition coefficient (Wildman–Crippen LogP) is 4.65. The number of nitrogens with one attached hydrogen (secondary N) is 1. The summed E-state index contributed by atoms with van der Waals surface area (Å²) in [6.45, 7) is 5.57. The summed E-state index contributed by atoms with van der Waals surface area (Å²) in [7, 11) is 2.97. The predicted molar refractivity (Wildman–Crippen MR) is 115 cm³/mol. The number of benzene rings is 2. The average Bonchev–Trinajstić information content (AvgIpc) is 2.69. The second-order valence-corrected chi connectivity index (χ2v) is 7.76. The topological polar surface area (TPSA) is 89.9 Å². The highest BCUT2D eigenvalue weighted by Gasteiger charge is 2.19. The summed E-state index contributed by atoms with van der Waals surface area (Å²) in [4.78, 5) is 16.9. The van der Waals surface area contributed by atoms with Crippen LogP contribution in [-0.2, 0) is 11.3 Å². The molecule has 0 aliphatic rings. The molecule has 3 aromatic rings. The van der Waals surface area contributed by atoms with Crippen molar-refractivity contribution in [3.63, 3.8) is 0 Å². The Bertz CT molecular complexity index is 1070. The number of nitrogens with zero attached hydrogens (tertiary/aromatic N) is 1. The summed E-state index contributed by atoms with van der Waals surface area (Å²) >= 11 is 0. The van der Waals surface area contributed by atoms with Crippen LogP contribution in [0.3, 0.4) is 0 Å². The van der Waals surface area contributed by atoms with E-state index in [1.165, 1.54) is 14.2 Å². The van der Waals surface area contributed by atoms with E-state index in [0.29, 0.717) is 17.0 Å². The molecule has 0 spiro atoms. The van der Waals surface area contributed by atoms with Crippen molar-refractivity contribution in [3.05, 3.63) is 48.2 Å². The summed E-state index contributed by atoms with van der Waals surface area (Å²) < 4.78 is 15.9. The number of aromatic nitrogens is 1. The molecule has 2 N–H and O–H groups in total. The Kier molecular flexibility index (Phi) is 6.01. The molecule has 2 aromatic carbocycles. The Labute approximate surface area is 175 Å². The Morgan fingerprint density at radius 1 is 1.10 bits per heavy atom. The second kappa shape index (κ2) is 8.49. The number of amides is 1. The van der Waals surface area contributed by atoms with Crippen molar-refractivity contribution in [1.82, 2.24) is 10.3 Å². The van der Waals surface area contributed by atoms with Crippen molar-refractivity contribution in [2.75, 3.05) is 14.2 Å². The fraction of sp³-hybridized carbons (Fsp3) is 0.304. The van der Waals surface area contributed by atoms with Crippen LogP contribution in [0, 0.1) is 0 Å². The van der Waals surface area contributed by atoms with Gasteiger partial charge in [0.25, 0.3) is 0 Å². The number of hydrogen-bond acceptors (Lipinski definition) is 6. The van der Waals surface area contributed by atoms with Gasteiger partial charge in [-0.05, 0) is 50.6 Å². The van der Waals surface area contributed by atoms with Gasteiger partial charge in [0.15, 0.2) is 11.5 Å². The normalized spacial score (nSPS) is 11.2. The van der Waals surface area contributed by atoms with Crippen LogP contribution >= 0.6 is 0 Å². The fourth-order valence-corrected chi connectivity index (χ4v) is 3.11. The van der Waals surface area contributed by atoms with Crippen molar-refractivity contribution in [1.29, 1.82) is 0 Å². The van der Waals surface area contributed by atoms with Gasteiger partial charge in [0, 0.05) is 10.9 Å². The molecule has 0 bridgehead atoms. The number of fused-ring (bicyclic) bond motifs is 1. The van der Waals surface area contributed by atoms with Gasteiger partial charge in [-0.15, -0.1) is 0 Å². The first kappa shape index (κ1) is 21.2. The molecular weight excluding hydrogens is 384 g/mol. The Hall–Kier alpha value is -3.48. The van der Waals surface area contributed by atoms with E-state index < -0.39 is 11.7 Å². The number of phenolic OH excluding ortho intramolecular Hbond substituents is 1. The minimum Gasteiger partial charge on any atom is -0.504 e. The maximum atomic E-state index is 12.1. The van der Waals surface area contributed by atoms with Gasteiger partial charge in [0.05, 0.1) is 32.0 Å². The molecule has 7 nitrogen and oxygen atoms in total. The van der Waals surface area contributed by atoms with E-state index in [9.17, 15) is 9.90 Å². The molecule has 0 aliphatic carbocycles. The molecule has 7 heteroatoms. The minimum atomic E-state index is -0.598. The van der Waals surface area contributed by atoms with E-state index >= 15 is 0 Å². The molecular formula is C23H26N2O5. The number of methoxy groups -OCH3 is 2. The number of ether oxygens (including phenoxy) is 3. The van der Waals surface area contributed by atoms with Crippen LogP contribution in [-0.4, -0.2) is 36.0 Å². The van der Waals surface area contributed by atoms with Gasteiger partial charge in [-0.2, -0.15) is 0 Å². The van der Waals surface area contributed by atoms with Gasteiger partial charge in [-0.25, -0.2) is 4.79 Å². The Morgan fingerprint density at radius 3 is 2.50 bits per heavy atom. The highest BCUT2D eigenvalue weighted by molar-refractivity contribution is 5.86. The van der Waals surface area contributed by atoms with E-state index in [0.717, 1.165) is 16.5 Å². The van der Waals surface area contributed by atoms with Crippen LogP contribution in [0.1, 0.15) is 26.5 Å². The summed E-state index contributed by atoms with van der Waals surface area (Å²) in [5, 5.41) is 14.1. The molecule has 0 saturated carbocycles. The van der Waals surface area contributed by atoms with Crippen molar-refractivity contribution in [2.45, 2.75) is 32.9 Å². The van der Waals surface area contributed by atoms with Gasteiger partial charge in [0.1, 0.15) is 5.60 Å². The molecule has 158 valence electrons. The van der Waals surface area contributed by atoms with E-state index in [1.54, 1.807) is 32.9 Å². The number of rotatable bonds is 5. The number of aromatic hydroxyl groups is 1. The van der Waals surface area contributed by atoms with Gasteiger partial charge in [-0.1, -0.05) is 18.2 Å². The molecule has 1 heterocycles. The lowest BCUT2D eigenvalue weighted by molar-refractivity contribution is 0.0523. The third-order valence-electron chi connectivity index (χ3n) is 4.37. The molecule has 0 unspecified atom stereocenters. The van der Waals surface area contributed by atoms with Crippen molar-refractivity contribution in [3.8, 4) is 28.4 Å². The number of para-hydroxylation sites is 1. The van der Waals surface area contributed by atoms with E-state index in [4.69, 9.17) is 19.2 Å². The number of alkyl carbamates (subject to hydrolysis) is 1. The lowest BCUT2D eigenvalue weighted by atomic mass is 10.00. The highest BCUT2D eigenvalue weighted by Crippen LogP contribution is 2.41. The third-order valence-corrected chi connectivity index (χ3v) is 4.37. The zero-order chi connectivity index (χ0) is 21.9. The molecule has 1 amide bonds. The van der Waals surface area contributed by atoms with E-state index in [1.807, 2.05) is 30.3 Å². The fourth-order valence-electron chi connectivity index (χ4n) is 3.11. The van der Waals surface area contributed by atoms with Gasteiger partial charge in [-0.3, -0.25) is 4.98 Å². The summed E-state index contributed by atoms with van der Waals surface area (Å²) in [5.74, 6) is 0.598. The largest absolute Gasteiger partial charge is 0.504 e. The molecule has 3 rings (SSSR count). The minimum absolute atomic E-state index is 0.0499. The molecule has 0 fully saturated rings. The Balaban J connectivity index is 2.06. The quantitative estimate of drug-likeness (QED) is 0.636. The average molecular weight is 410 g/mol. The van der Waals surface area contributed by atoms with Gasteiger partial charge < -0.3 is 24.6 Å². The zero-order valence-corrected chi connectivity index (χ0v) is 17.8. The maximum absolute atomic E-state index is 12.1. The van der Waals surface area contributed by atoms with Gasteiger partial charge in [0.2, 0.25) is 5.75 Å². The van der Waals surface area contributed by atoms with Gasteiger partial charge >= 0.3 is 6.09 Å². The summed E-state index contributed by atoms with van der Waals surface area (Å²) in [5.41, 5.74) is 2.27. The summed E-state index contributed by atoms with van der Waals surface area (Å²) in [6.07, 6.45) is -0.529. The van der Waals surface area contributed by atoms with E-state index in [2.05, 4.69) is 5.32 Å². The number of carbonyl (C=O) groups is 1. The number of pyridine rings is 1. The number of hydrogen-bond donors (Lipinski definition) is 2. The van der Waals surface area contributed by atoms with Crippen molar-refractivity contribution >= 4 is 17.0 Å². The SMILES string of the molecule is COc1cc(-c2cc3ccccc3nc2CNC(=O)OC(C)(C)C)cc(O)c1OC. The van der Waals surface area contributed by atoms with Crippen LogP contribution in [0.15, 0.2) is 42.5 Å². The number of carbonyl (C=O) groups excluding carboxylic acids is 1. The Morgan fingerprint density at radius 2 is 1.83 bits per heavy atom. The van der Waals surface area contributed by atoms with Crippen LogP contribution in [0.4, 0.5) is 4.79 Å². The summed E-state index contributed by atoms with van der Waals surface area (Å²) in [6, 6.07) is 13.0. The molecule has 0 atom stereocenters. The first-order chi connectivity index (χ1) is 14.2.